The molecule has 110 valence electrons. The van der Waals surface area contributed by atoms with Gasteiger partial charge in [-0.15, -0.1) is 0 Å². The Hall–Kier alpha value is -1.55. The second-order valence-corrected chi connectivity index (χ2v) is 6.08. The standard InChI is InChI=1S/C16H25N3O/c1-3-16(2)8-10-19(11-9-16)12-15(20)18-14-7-5-4-6-13(14)17/h4-7H,3,8-12,17H2,1-2H3,(H,18,20). The number of para-hydroxylation sites is 2. The average molecular weight is 275 g/mol. The normalized spacial score (nSPS) is 18.7. The first-order valence-electron chi connectivity index (χ1n) is 7.39. The van der Waals surface area contributed by atoms with E-state index in [0.717, 1.165) is 13.1 Å². The number of piperidine rings is 1. The zero-order valence-electron chi connectivity index (χ0n) is 12.5. The number of amides is 1. The molecule has 0 spiro atoms. The van der Waals surface area contributed by atoms with E-state index < -0.39 is 0 Å². The maximum absolute atomic E-state index is 12.1. The van der Waals surface area contributed by atoms with Crippen LogP contribution in [0.4, 0.5) is 11.4 Å². The summed E-state index contributed by atoms with van der Waals surface area (Å²) in [7, 11) is 0. The van der Waals surface area contributed by atoms with Crippen LogP contribution in [-0.4, -0.2) is 30.4 Å². The van der Waals surface area contributed by atoms with Crippen LogP contribution in [0.25, 0.3) is 0 Å². The third-order valence-corrected chi connectivity index (χ3v) is 4.52. The van der Waals surface area contributed by atoms with Gasteiger partial charge in [0.1, 0.15) is 0 Å². The molecule has 4 nitrogen and oxygen atoms in total. The lowest BCUT2D eigenvalue weighted by atomic mass is 9.78. The number of carbonyl (C=O) groups excluding carboxylic acids is 1. The Morgan fingerprint density at radius 2 is 2.00 bits per heavy atom. The second kappa shape index (κ2) is 6.27. The number of nitrogen functional groups attached to an aromatic ring is 1. The van der Waals surface area contributed by atoms with Crippen molar-refractivity contribution in [1.82, 2.24) is 4.90 Å². The molecule has 3 N–H and O–H groups in total. The summed E-state index contributed by atoms with van der Waals surface area (Å²) in [6, 6.07) is 7.36. The molecule has 0 unspecified atom stereocenters. The number of hydrogen-bond acceptors (Lipinski definition) is 3. The van der Waals surface area contributed by atoms with Crippen LogP contribution in [0.3, 0.4) is 0 Å². The Morgan fingerprint density at radius 1 is 1.35 bits per heavy atom. The fourth-order valence-corrected chi connectivity index (χ4v) is 2.61. The zero-order valence-corrected chi connectivity index (χ0v) is 12.5. The number of carbonyl (C=O) groups is 1. The Kier molecular flexibility index (Phi) is 4.65. The molecule has 1 saturated heterocycles. The van der Waals surface area contributed by atoms with Gasteiger partial charge in [0.15, 0.2) is 0 Å². The predicted octanol–water partition coefficient (Wildman–Crippen LogP) is 2.72. The third-order valence-electron chi connectivity index (χ3n) is 4.52. The van der Waals surface area contributed by atoms with Crippen LogP contribution < -0.4 is 11.1 Å². The maximum Gasteiger partial charge on any atom is 0.238 e. The van der Waals surface area contributed by atoms with Gasteiger partial charge >= 0.3 is 0 Å². The molecule has 0 atom stereocenters. The van der Waals surface area contributed by atoms with E-state index in [1.807, 2.05) is 18.2 Å². The van der Waals surface area contributed by atoms with Crippen LogP contribution >= 0.6 is 0 Å². The number of rotatable bonds is 4. The minimum atomic E-state index is 0.0167. The lowest BCUT2D eigenvalue weighted by molar-refractivity contribution is -0.117. The number of hydrogen-bond donors (Lipinski definition) is 2. The van der Waals surface area contributed by atoms with Gasteiger partial charge in [0, 0.05) is 0 Å². The van der Waals surface area contributed by atoms with Crippen molar-refractivity contribution in [3.63, 3.8) is 0 Å². The number of nitrogens with two attached hydrogens (primary N) is 1. The van der Waals surface area contributed by atoms with Gasteiger partial charge in [0.2, 0.25) is 5.91 Å². The summed E-state index contributed by atoms with van der Waals surface area (Å²) in [4.78, 5) is 14.3. The van der Waals surface area contributed by atoms with Gasteiger partial charge in [-0.3, -0.25) is 9.69 Å². The Bertz CT molecular complexity index is 465. The predicted molar refractivity (Wildman–Crippen MR) is 83.6 cm³/mol. The van der Waals surface area contributed by atoms with Gasteiger partial charge < -0.3 is 11.1 Å². The van der Waals surface area contributed by atoms with Gasteiger partial charge in [0.05, 0.1) is 17.9 Å². The van der Waals surface area contributed by atoms with E-state index in [0.29, 0.717) is 23.3 Å². The van der Waals surface area contributed by atoms with Crippen molar-refractivity contribution in [2.75, 3.05) is 30.7 Å². The molecule has 0 saturated carbocycles. The van der Waals surface area contributed by atoms with E-state index in [-0.39, 0.29) is 5.91 Å². The molecule has 1 aliphatic rings. The summed E-state index contributed by atoms with van der Waals surface area (Å²) < 4.78 is 0. The number of likely N-dealkylation sites (tertiary alicyclic amines) is 1. The fourth-order valence-electron chi connectivity index (χ4n) is 2.61. The van der Waals surface area contributed by atoms with E-state index in [9.17, 15) is 4.79 Å². The minimum absolute atomic E-state index is 0.0167. The smallest absolute Gasteiger partial charge is 0.238 e. The van der Waals surface area contributed by atoms with E-state index >= 15 is 0 Å². The Labute approximate surface area is 121 Å². The summed E-state index contributed by atoms with van der Waals surface area (Å²) in [5.74, 6) is 0.0167. The molecule has 0 bridgehead atoms. The molecule has 0 aliphatic carbocycles. The summed E-state index contributed by atoms with van der Waals surface area (Å²) in [6.07, 6.45) is 3.56. The highest BCUT2D eigenvalue weighted by atomic mass is 16.2. The van der Waals surface area contributed by atoms with E-state index in [4.69, 9.17) is 5.73 Å². The van der Waals surface area contributed by atoms with Crippen molar-refractivity contribution in [2.24, 2.45) is 5.41 Å². The monoisotopic (exact) mass is 275 g/mol. The fraction of sp³-hybridized carbons (Fsp3) is 0.562. The molecule has 20 heavy (non-hydrogen) atoms. The molecule has 1 amide bonds. The Balaban J connectivity index is 1.83. The molecule has 1 aromatic carbocycles. The molecule has 1 fully saturated rings. The molecule has 0 radical (unpaired) electrons. The highest BCUT2D eigenvalue weighted by Crippen LogP contribution is 2.33. The number of nitrogens with zero attached hydrogens (tertiary/aromatic N) is 1. The van der Waals surface area contributed by atoms with Crippen molar-refractivity contribution in [3.05, 3.63) is 24.3 Å². The van der Waals surface area contributed by atoms with Gasteiger partial charge in [-0.2, -0.15) is 0 Å². The summed E-state index contributed by atoms with van der Waals surface area (Å²) in [6.45, 7) is 7.05. The molecule has 4 heteroatoms. The molecule has 1 aromatic rings. The lowest BCUT2D eigenvalue weighted by Gasteiger charge is -2.38. The van der Waals surface area contributed by atoms with Crippen LogP contribution in [0.5, 0.6) is 0 Å². The SMILES string of the molecule is CCC1(C)CCN(CC(=O)Nc2ccccc2N)CC1. The van der Waals surface area contributed by atoms with Crippen molar-refractivity contribution in [2.45, 2.75) is 33.1 Å². The summed E-state index contributed by atoms with van der Waals surface area (Å²) in [5, 5.41) is 2.89. The van der Waals surface area contributed by atoms with Crippen molar-refractivity contribution < 1.29 is 4.79 Å². The Morgan fingerprint density at radius 3 is 2.60 bits per heavy atom. The first-order valence-corrected chi connectivity index (χ1v) is 7.39. The van der Waals surface area contributed by atoms with Crippen LogP contribution in [-0.2, 0) is 4.79 Å². The molecule has 2 rings (SSSR count). The van der Waals surface area contributed by atoms with Gasteiger partial charge in [-0.1, -0.05) is 32.4 Å². The number of nitrogens with one attached hydrogen (secondary N) is 1. The second-order valence-electron chi connectivity index (χ2n) is 6.08. The van der Waals surface area contributed by atoms with Crippen LogP contribution in [0, 0.1) is 5.41 Å². The van der Waals surface area contributed by atoms with Crippen LogP contribution in [0.2, 0.25) is 0 Å². The van der Waals surface area contributed by atoms with Crippen molar-refractivity contribution in [1.29, 1.82) is 0 Å². The highest BCUT2D eigenvalue weighted by Gasteiger charge is 2.28. The van der Waals surface area contributed by atoms with E-state index in [2.05, 4.69) is 24.1 Å². The third kappa shape index (κ3) is 3.73. The number of anilines is 2. The molecule has 1 heterocycles. The van der Waals surface area contributed by atoms with E-state index in [1.54, 1.807) is 6.07 Å². The van der Waals surface area contributed by atoms with Gasteiger partial charge in [-0.25, -0.2) is 0 Å². The maximum atomic E-state index is 12.1. The lowest BCUT2D eigenvalue weighted by Crippen LogP contribution is -2.42. The molecular weight excluding hydrogens is 250 g/mol. The topological polar surface area (TPSA) is 58.4 Å². The summed E-state index contributed by atoms with van der Waals surface area (Å²) in [5.41, 5.74) is 7.59. The first-order chi connectivity index (χ1) is 9.52. The van der Waals surface area contributed by atoms with Crippen LogP contribution in [0.1, 0.15) is 33.1 Å². The number of benzene rings is 1. The summed E-state index contributed by atoms with van der Waals surface area (Å²) >= 11 is 0. The quantitative estimate of drug-likeness (QED) is 0.831. The van der Waals surface area contributed by atoms with E-state index in [1.165, 1.54) is 19.3 Å². The van der Waals surface area contributed by atoms with Gasteiger partial charge in [0.25, 0.3) is 0 Å². The largest absolute Gasteiger partial charge is 0.397 e. The minimum Gasteiger partial charge on any atom is -0.397 e. The average Bonchev–Trinajstić information content (AvgIpc) is 2.44. The molecule has 1 aliphatic heterocycles. The zero-order chi connectivity index (χ0) is 14.6. The highest BCUT2D eigenvalue weighted by molar-refractivity contribution is 5.95. The first kappa shape index (κ1) is 14.9. The molecule has 0 aromatic heterocycles. The van der Waals surface area contributed by atoms with Crippen molar-refractivity contribution in [3.8, 4) is 0 Å². The van der Waals surface area contributed by atoms with Crippen molar-refractivity contribution >= 4 is 17.3 Å². The van der Waals surface area contributed by atoms with Gasteiger partial charge in [-0.05, 0) is 43.5 Å². The van der Waals surface area contributed by atoms with Crippen LogP contribution in [0.15, 0.2) is 24.3 Å². The molecular formula is C16H25N3O.